The predicted octanol–water partition coefficient (Wildman–Crippen LogP) is 31.1. The maximum atomic E-state index is 14.3. The third-order valence-electron chi connectivity index (χ3n) is 22.5. The molecule has 7 rings (SSSR count). The van der Waals surface area contributed by atoms with Crippen molar-refractivity contribution in [3.8, 4) is 0 Å². The topological polar surface area (TPSA) is 158 Å². The first kappa shape index (κ1) is 103. The predicted molar refractivity (Wildman–Crippen MR) is 514 cm³/mol. The van der Waals surface area contributed by atoms with Gasteiger partial charge in [-0.3, -0.25) is 0 Å². The molecule has 0 aliphatic carbocycles. The first-order valence-corrected chi connectivity index (χ1v) is 48.8. The monoisotopic (exact) mass is 1710 g/mol. The van der Waals surface area contributed by atoms with Crippen molar-refractivity contribution >= 4 is 100 Å². The second-order valence-electron chi connectivity index (χ2n) is 34.0. The number of esters is 6. The van der Waals surface area contributed by atoms with Crippen molar-refractivity contribution in [1.82, 2.24) is 0 Å². The molecule has 0 aliphatic rings. The lowest BCUT2D eigenvalue weighted by molar-refractivity contribution is 0.0488. The van der Waals surface area contributed by atoms with Crippen LogP contribution in [-0.2, 0) is 28.4 Å². The number of carbonyl (C=O) groups excluding carboxylic acids is 6. The normalized spacial score (nSPS) is 10.7. The van der Waals surface area contributed by atoms with Crippen LogP contribution in [0.5, 0.6) is 0 Å². The van der Waals surface area contributed by atoms with Crippen LogP contribution in [0.2, 0.25) is 0 Å². The Labute approximate surface area is 757 Å². The Kier molecular flexibility index (Phi) is 52.3. The molecule has 0 saturated heterocycles. The van der Waals surface area contributed by atoms with Gasteiger partial charge in [-0.15, -0.1) is 0 Å². The minimum Gasteiger partial charge on any atom is -0.462 e. The number of fused-ring (bicyclic) bond motifs is 12. The second kappa shape index (κ2) is 64.3. The number of benzene rings is 6. The van der Waals surface area contributed by atoms with Crippen molar-refractivity contribution in [3.63, 3.8) is 0 Å². The second-order valence-corrected chi connectivity index (χ2v) is 34.0. The molecule has 0 radical (unpaired) electrons. The Hall–Kier alpha value is -10.5. The van der Waals surface area contributed by atoms with Crippen LogP contribution in [-0.4, -0.2) is 75.5 Å². The number of hydrogen-bond acceptors (Lipinski definition) is 12. The molecular formula is C114H144O12. The van der Waals surface area contributed by atoms with Gasteiger partial charge < -0.3 is 28.4 Å². The highest BCUT2D eigenvalue weighted by atomic mass is 16.6. The first-order chi connectivity index (χ1) is 61.8. The van der Waals surface area contributed by atoms with Gasteiger partial charge in [-0.25, -0.2) is 28.8 Å². The van der Waals surface area contributed by atoms with Gasteiger partial charge in [0.15, 0.2) is 0 Å². The Morgan fingerprint density at radius 1 is 0.151 bits per heavy atom. The van der Waals surface area contributed by atoms with Crippen LogP contribution in [0.3, 0.4) is 0 Å². The van der Waals surface area contributed by atoms with E-state index in [4.69, 9.17) is 28.4 Å². The van der Waals surface area contributed by atoms with Crippen molar-refractivity contribution in [2.45, 2.75) is 350 Å². The number of carbonyl (C=O) groups is 6. The van der Waals surface area contributed by atoms with E-state index in [1.165, 1.54) is 154 Å². The van der Waals surface area contributed by atoms with Crippen LogP contribution in [0.25, 0.3) is 64.6 Å². The van der Waals surface area contributed by atoms with Gasteiger partial charge in [0, 0.05) is 64.6 Å². The van der Waals surface area contributed by atoms with Gasteiger partial charge >= 0.3 is 35.8 Å². The average Bonchev–Trinajstić information content (AvgIpc) is 0.833. The summed E-state index contributed by atoms with van der Waals surface area (Å²) >= 11 is 0. The fraction of sp³-hybridized carbons (Fsp3) is 0.526. The fourth-order valence-electron chi connectivity index (χ4n) is 15.1. The molecule has 0 N–H and O–H groups in total. The molecule has 672 valence electrons. The SMILES string of the molecule is CCCCCCCCCCOC(=O)c1cc2c#cc3cc(C(=O)OCCCCCCCCCC)cc(c#cc4cc(C(=O)OCCCCCCCCCC)cc(c#cc5cc(C(=O)OCCCCCCCCCC)cc(c#cc6cc(C(=O)OCCCCCCCCCC)cc(c#cc7cc(C(=O)OCCCCCCCCCC)cc(c#cc(c1)c2)c7)c6)c5)c4)c3. The van der Waals surface area contributed by atoms with E-state index < -0.39 is 35.8 Å². The van der Waals surface area contributed by atoms with Crippen LogP contribution in [0, 0.1) is 72.8 Å². The van der Waals surface area contributed by atoms with Gasteiger partial charge in [0.2, 0.25) is 0 Å². The van der Waals surface area contributed by atoms with Crippen molar-refractivity contribution in [2.24, 2.45) is 0 Å². The molecule has 7 aromatic rings. The zero-order chi connectivity index (χ0) is 89.5. The van der Waals surface area contributed by atoms with E-state index in [1.807, 2.05) is 0 Å². The molecule has 12 heteroatoms. The molecule has 0 aliphatic heterocycles. The molecule has 0 spiro atoms. The molecule has 0 aromatic heterocycles. The van der Waals surface area contributed by atoms with Crippen LogP contribution >= 0.6 is 0 Å². The third-order valence-corrected chi connectivity index (χ3v) is 22.5. The molecule has 0 atom stereocenters. The first-order valence-electron chi connectivity index (χ1n) is 48.8. The van der Waals surface area contributed by atoms with Crippen molar-refractivity contribution in [3.05, 3.63) is 215 Å². The van der Waals surface area contributed by atoms with Crippen LogP contribution in [0.15, 0.2) is 109 Å². The number of hydrogen-bond donors (Lipinski definition) is 0. The van der Waals surface area contributed by atoms with Crippen LogP contribution in [0.1, 0.15) is 412 Å². The van der Waals surface area contributed by atoms with E-state index in [2.05, 4.69) is 114 Å². The lowest BCUT2D eigenvalue weighted by Crippen LogP contribution is -2.06. The summed E-state index contributed by atoms with van der Waals surface area (Å²) in [5.41, 5.74) is 1.42. The van der Waals surface area contributed by atoms with E-state index >= 15 is 0 Å². The van der Waals surface area contributed by atoms with E-state index in [-0.39, 0.29) is 73.0 Å². The van der Waals surface area contributed by atoms with Gasteiger partial charge in [-0.1, -0.05) is 384 Å². The Morgan fingerprint density at radius 3 is 0.349 bits per heavy atom. The minimum atomic E-state index is -0.534. The average molecular weight is 1710 g/mol. The third kappa shape index (κ3) is 43.6. The largest absolute Gasteiger partial charge is 0.462 e. The van der Waals surface area contributed by atoms with Gasteiger partial charge in [0.1, 0.15) is 0 Å². The zero-order valence-corrected chi connectivity index (χ0v) is 77.5. The molecule has 0 unspecified atom stereocenters. The van der Waals surface area contributed by atoms with E-state index in [0.717, 1.165) is 116 Å². The van der Waals surface area contributed by atoms with Crippen molar-refractivity contribution in [1.29, 1.82) is 0 Å². The molecule has 0 saturated carbocycles. The molecule has 12 nitrogen and oxygen atoms in total. The molecule has 0 fully saturated rings. The lowest BCUT2D eigenvalue weighted by Gasteiger charge is -2.06. The molecule has 0 heterocycles. The summed E-state index contributed by atoms with van der Waals surface area (Å²) in [4.78, 5) is 85.8. The van der Waals surface area contributed by atoms with Crippen molar-refractivity contribution < 1.29 is 57.2 Å². The summed E-state index contributed by atoms with van der Waals surface area (Å²) in [5, 5.41) is 5.17. The molecule has 126 heavy (non-hydrogen) atoms. The Morgan fingerprint density at radius 2 is 0.246 bits per heavy atom. The smallest absolute Gasteiger partial charge is 0.338 e. The standard InChI is InChI=1S/C114H144O12/c1-7-13-19-25-31-37-43-49-67-121-109(115)103-79-91-55-57-93-74-95(83-104(81-93)110(116)122-68-50-44-38-32-26-20-14-8-2)59-61-97-76-99(87-106(85-97)112(118)124-70-52-46-40-34-28-22-16-10-4)63-65-101-78-102(90-108(89-101)114(120)126-72-54-48-42-36-30-24-18-12-6)66-64-100-77-98(86-107(88-100)113(119)125-71-53-47-41-35-29-23-17-11-5)62-60-96-75-94(58-56-92(73-91)80-103)82-105(84-96)111(117)123-69-51-45-39-33-27-21-15-9-3/h73-90H,7-54,67-72H2,1-6H3. The lowest BCUT2D eigenvalue weighted by atomic mass is 10.1. The molecule has 0 amide bonds. The molecule has 7 aromatic carbocycles. The number of ether oxygens (including phenoxy) is 6. The van der Waals surface area contributed by atoms with Gasteiger partial charge in [0.25, 0.3) is 0 Å². The highest BCUT2D eigenvalue weighted by molar-refractivity contribution is 5.97. The van der Waals surface area contributed by atoms with Gasteiger partial charge in [-0.05, 0) is 148 Å². The number of unbranched alkanes of at least 4 members (excludes halogenated alkanes) is 42. The molecular weight excluding hydrogens is 1560 g/mol. The fourth-order valence-corrected chi connectivity index (χ4v) is 15.1. The highest BCUT2D eigenvalue weighted by Crippen LogP contribution is 2.23. The van der Waals surface area contributed by atoms with E-state index in [1.54, 1.807) is 109 Å². The van der Waals surface area contributed by atoms with Crippen LogP contribution < -0.4 is 0 Å². The summed E-state index contributed by atoms with van der Waals surface area (Å²) < 4.78 is 35.8. The van der Waals surface area contributed by atoms with E-state index in [0.29, 0.717) is 103 Å². The van der Waals surface area contributed by atoms with Crippen molar-refractivity contribution in [2.75, 3.05) is 39.6 Å². The Balaban J connectivity index is 1.48. The molecule has 12 bridgehead atoms. The maximum Gasteiger partial charge on any atom is 0.338 e. The summed E-state index contributed by atoms with van der Waals surface area (Å²) in [5.74, 6) is -3.20. The van der Waals surface area contributed by atoms with E-state index in [9.17, 15) is 28.8 Å². The zero-order valence-electron chi connectivity index (χ0n) is 77.5. The summed E-state index contributed by atoms with van der Waals surface area (Å²) in [7, 11) is 0. The van der Waals surface area contributed by atoms with Crippen LogP contribution in [0.4, 0.5) is 0 Å². The number of rotatable bonds is 60. The maximum absolute atomic E-state index is 14.3. The minimum absolute atomic E-state index is 0.236. The summed E-state index contributed by atoms with van der Waals surface area (Å²) in [6.07, 6.45) is 51.9. The summed E-state index contributed by atoms with van der Waals surface area (Å²) in [6, 6.07) is 70.4. The van der Waals surface area contributed by atoms with Gasteiger partial charge in [0.05, 0.1) is 73.0 Å². The highest BCUT2D eigenvalue weighted by Gasteiger charge is 2.15. The van der Waals surface area contributed by atoms with Gasteiger partial charge in [-0.2, -0.15) is 0 Å². The quantitative estimate of drug-likeness (QED) is 0.0202. The Bertz CT molecular complexity index is 3790. The summed E-state index contributed by atoms with van der Waals surface area (Å²) in [6.45, 7) is 14.7.